The Hall–Kier alpha value is -2.29. The first kappa shape index (κ1) is 23.4. The summed E-state index contributed by atoms with van der Waals surface area (Å²) in [4.78, 5) is 38.3. The van der Waals surface area contributed by atoms with Gasteiger partial charge in [0, 0.05) is 5.92 Å². The lowest BCUT2D eigenvalue weighted by atomic mass is 9.83. The van der Waals surface area contributed by atoms with E-state index in [1.54, 1.807) is 0 Å². The standard InChI is InChI=1S/C23H32N2O6/c1-14(2)9-18(20(28)23(12-27)13-31-23)24-22(30)19(11-26)25-21(29)17-8-7-15-5-3-4-6-16(15)10-17/h3-6,14,17-19,26-27H,7-13H2,1-2H3,(H,24,30)(H,25,29). The van der Waals surface area contributed by atoms with Crippen LogP contribution in [0.4, 0.5) is 0 Å². The fourth-order valence-corrected chi connectivity index (χ4v) is 4.10. The molecule has 0 aromatic heterocycles. The summed E-state index contributed by atoms with van der Waals surface area (Å²) in [6.45, 7) is 2.93. The number of carbonyl (C=O) groups excluding carboxylic acids is 3. The zero-order chi connectivity index (χ0) is 22.6. The summed E-state index contributed by atoms with van der Waals surface area (Å²) in [5.74, 6) is -1.47. The lowest BCUT2D eigenvalue weighted by Gasteiger charge is -2.27. The molecule has 4 N–H and O–H groups in total. The Balaban J connectivity index is 1.62. The van der Waals surface area contributed by atoms with E-state index in [1.807, 2.05) is 32.0 Å². The van der Waals surface area contributed by atoms with Crippen LogP contribution in [-0.2, 0) is 32.0 Å². The average Bonchev–Trinajstić information content (AvgIpc) is 3.56. The number of nitrogens with one attached hydrogen (secondary N) is 2. The molecule has 1 saturated heterocycles. The zero-order valence-corrected chi connectivity index (χ0v) is 18.1. The van der Waals surface area contributed by atoms with Crippen LogP contribution in [0.1, 0.15) is 37.8 Å². The van der Waals surface area contributed by atoms with Crippen LogP contribution in [-0.4, -0.2) is 65.3 Å². The number of aliphatic hydroxyl groups is 2. The Labute approximate surface area is 182 Å². The number of epoxide rings is 1. The molecule has 1 aliphatic heterocycles. The normalized spacial score (nSPS) is 24.1. The molecule has 1 fully saturated rings. The number of aryl methyl sites for hydroxylation is 1. The Morgan fingerprint density at radius 3 is 2.39 bits per heavy atom. The van der Waals surface area contributed by atoms with Crippen molar-refractivity contribution in [1.29, 1.82) is 0 Å². The van der Waals surface area contributed by atoms with E-state index in [2.05, 4.69) is 16.7 Å². The van der Waals surface area contributed by atoms with E-state index in [1.165, 1.54) is 5.56 Å². The van der Waals surface area contributed by atoms with Gasteiger partial charge < -0.3 is 25.6 Å². The quantitative estimate of drug-likeness (QED) is 0.389. The molecule has 1 aromatic rings. The third kappa shape index (κ3) is 5.50. The van der Waals surface area contributed by atoms with Crippen LogP contribution in [0, 0.1) is 11.8 Å². The van der Waals surface area contributed by atoms with E-state index < -0.39 is 36.8 Å². The molecule has 4 unspecified atom stereocenters. The van der Waals surface area contributed by atoms with Crippen LogP contribution < -0.4 is 10.6 Å². The second-order valence-corrected chi connectivity index (χ2v) is 8.95. The lowest BCUT2D eigenvalue weighted by Crippen LogP contribution is -2.56. The number of hydrogen-bond acceptors (Lipinski definition) is 6. The van der Waals surface area contributed by atoms with E-state index in [9.17, 15) is 24.6 Å². The SMILES string of the molecule is CC(C)CC(NC(=O)C(CO)NC(=O)C1CCc2ccccc2C1)C(=O)C1(CO)CO1. The van der Waals surface area contributed by atoms with Gasteiger partial charge in [-0.25, -0.2) is 0 Å². The van der Waals surface area contributed by atoms with Gasteiger partial charge in [-0.15, -0.1) is 0 Å². The molecular formula is C23H32N2O6. The third-order valence-corrected chi connectivity index (χ3v) is 6.07. The van der Waals surface area contributed by atoms with Crippen molar-refractivity contribution in [2.45, 2.75) is 57.2 Å². The Morgan fingerprint density at radius 2 is 1.81 bits per heavy atom. The van der Waals surface area contributed by atoms with Crippen molar-refractivity contribution in [3.8, 4) is 0 Å². The van der Waals surface area contributed by atoms with E-state index in [4.69, 9.17) is 4.74 Å². The molecule has 1 aliphatic carbocycles. The lowest BCUT2D eigenvalue weighted by molar-refractivity contribution is -0.135. The maximum Gasteiger partial charge on any atom is 0.245 e. The van der Waals surface area contributed by atoms with Gasteiger partial charge in [-0.05, 0) is 42.7 Å². The van der Waals surface area contributed by atoms with E-state index in [-0.39, 0.29) is 30.1 Å². The summed E-state index contributed by atoms with van der Waals surface area (Å²) >= 11 is 0. The molecule has 0 bridgehead atoms. The minimum absolute atomic E-state index is 0.105. The summed E-state index contributed by atoms with van der Waals surface area (Å²) in [7, 11) is 0. The molecule has 2 amide bonds. The number of carbonyl (C=O) groups is 3. The maximum atomic E-state index is 12.8. The van der Waals surface area contributed by atoms with Crippen LogP contribution in [0.15, 0.2) is 24.3 Å². The monoisotopic (exact) mass is 432 g/mol. The fraction of sp³-hybridized carbons (Fsp3) is 0.609. The van der Waals surface area contributed by atoms with Gasteiger partial charge in [0.1, 0.15) is 6.04 Å². The Kier molecular flexibility index (Phi) is 7.46. The van der Waals surface area contributed by atoms with Gasteiger partial charge >= 0.3 is 0 Å². The predicted molar refractivity (Wildman–Crippen MR) is 113 cm³/mol. The van der Waals surface area contributed by atoms with Gasteiger partial charge in [0.25, 0.3) is 0 Å². The van der Waals surface area contributed by atoms with Gasteiger partial charge in [0.2, 0.25) is 11.8 Å². The van der Waals surface area contributed by atoms with E-state index >= 15 is 0 Å². The number of Topliss-reactive ketones (excluding diaryl/α,β-unsaturated/α-hetero) is 1. The molecule has 0 radical (unpaired) electrons. The van der Waals surface area contributed by atoms with Crippen molar-refractivity contribution < 1.29 is 29.3 Å². The maximum absolute atomic E-state index is 12.8. The number of ketones is 1. The van der Waals surface area contributed by atoms with Crippen molar-refractivity contribution in [3.63, 3.8) is 0 Å². The molecule has 4 atom stereocenters. The third-order valence-electron chi connectivity index (χ3n) is 6.07. The van der Waals surface area contributed by atoms with Gasteiger partial charge in [0.05, 0.1) is 25.9 Å². The molecule has 0 saturated carbocycles. The smallest absolute Gasteiger partial charge is 0.245 e. The summed E-state index contributed by atoms with van der Waals surface area (Å²) in [6, 6.07) is 5.96. The fourth-order valence-electron chi connectivity index (χ4n) is 4.10. The number of hydrogen-bond donors (Lipinski definition) is 4. The van der Waals surface area contributed by atoms with Crippen molar-refractivity contribution in [2.24, 2.45) is 11.8 Å². The molecule has 0 spiro atoms. The average molecular weight is 433 g/mol. The van der Waals surface area contributed by atoms with Gasteiger partial charge in [0.15, 0.2) is 11.4 Å². The van der Waals surface area contributed by atoms with Crippen molar-refractivity contribution >= 4 is 17.6 Å². The van der Waals surface area contributed by atoms with Crippen LogP contribution in [0.25, 0.3) is 0 Å². The molecule has 31 heavy (non-hydrogen) atoms. The van der Waals surface area contributed by atoms with Crippen LogP contribution in [0.5, 0.6) is 0 Å². The zero-order valence-electron chi connectivity index (χ0n) is 18.1. The molecule has 8 heteroatoms. The summed E-state index contributed by atoms with van der Waals surface area (Å²) in [6.07, 6.45) is 2.42. The molecule has 8 nitrogen and oxygen atoms in total. The molecule has 1 heterocycles. The first-order chi connectivity index (χ1) is 14.8. The highest BCUT2D eigenvalue weighted by atomic mass is 16.6. The number of benzene rings is 1. The van der Waals surface area contributed by atoms with E-state index in [0.29, 0.717) is 19.3 Å². The number of aliphatic hydroxyl groups excluding tert-OH is 2. The summed E-state index contributed by atoms with van der Waals surface area (Å²) in [5, 5.41) is 24.5. The van der Waals surface area contributed by atoms with Crippen LogP contribution in [0.2, 0.25) is 0 Å². The highest BCUT2D eigenvalue weighted by Gasteiger charge is 2.54. The van der Waals surface area contributed by atoms with Crippen molar-refractivity contribution in [3.05, 3.63) is 35.4 Å². The summed E-state index contributed by atoms with van der Waals surface area (Å²) < 4.78 is 5.14. The Bertz CT molecular complexity index is 820. The second kappa shape index (κ2) is 9.89. The molecule has 2 aliphatic rings. The van der Waals surface area contributed by atoms with E-state index in [0.717, 1.165) is 12.0 Å². The van der Waals surface area contributed by atoms with Crippen molar-refractivity contribution in [2.75, 3.05) is 19.8 Å². The van der Waals surface area contributed by atoms with Crippen molar-refractivity contribution in [1.82, 2.24) is 10.6 Å². The van der Waals surface area contributed by atoms with Gasteiger partial charge in [-0.3, -0.25) is 14.4 Å². The molecule has 3 rings (SSSR count). The largest absolute Gasteiger partial charge is 0.394 e. The highest BCUT2D eigenvalue weighted by Crippen LogP contribution is 2.30. The first-order valence-electron chi connectivity index (χ1n) is 10.9. The molecular weight excluding hydrogens is 400 g/mol. The van der Waals surface area contributed by atoms with Gasteiger partial charge in [-0.2, -0.15) is 0 Å². The predicted octanol–water partition coefficient (Wildman–Crippen LogP) is 0.130. The number of fused-ring (bicyclic) bond motifs is 1. The first-order valence-corrected chi connectivity index (χ1v) is 10.9. The minimum atomic E-state index is -1.25. The number of amides is 2. The topological polar surface area (TPSA) is 128 Å². The number of rotatable bonds is 10. The summed E-state index contributed by atoms with van der Waals surface area (Å²) in [5.41, 5.74) is 1.11. The Morgan fingerprint density at radius 1 is 1.13 bits per heavy atom. The number of ether oxygens (including phenoxy) is 1. The molecule has 170 valence electrons. The van der Waals surface area contributed by atoms with Crippen LogP contribution in [0.3, 0.4) is 0 Å². The second-order valence-electron chi connectivity index (χ2n) is 8.95. The van der Waals surface area contributed by atoms with Gasteiger partial charge in [-0.1, -0.05) is 38.1 Å². The molecule has 1 aromatic carbocycles. The highest BCUT2D eigenvalue weighted by molar-refractivity contribution is 5.98. The van der Waals surface area contributed by atoms with Crippen LogP contribution >= 0.6 is 0 Å². The minimum Gasteiger partial charge on any atom is -0.394 e.